The molecule has 28 heavy (non-hydrogen) atoms. The fourth-order valence-electron chi connectivity index (χ4n) is 3.12. The lowest BCUT2D eigenvalue weighted by Crippen LogP contribution is -2.26. The van der Waals surface area contributed by atoms with Gasteiger partial charge in [0.25, 0.3) is 11.8 Å². The van der Waals surface area contributed by atoms with Crippen LogP contribution in [0.1, 0.15) is 46.7 Å². The summed E-state index contributed by atoms with van der Waals surface area (Å²) in [6, 6.07) is 5.24. The summed E-state index contributed by atoms with van der Waals surface area (Å²) >= 11 is 0. The van der Waals surface area contributed by atoms with Crippen LogP contribution in [0.3, 0.4) is 0 Å². The summed E-state index contributed by atoms with van der Waals surface area (Å²) in [7, 11) is 0. The maximum atomic E-state index is 12.6. The molecule has 0 fully saturated rings. The van der Waals surface area contributed by atoms with Gasteiger partial charge in [-0.15, -0.1) is 0 Å². The van der Waals surface area contributed by atoms with Crippen molar-refractivity contribution in [2.45, 2.75) is 32.2 Å². The third-order valence-corrected chi connectivity index (χ3v) is 4.62. The van der Waals surface area contributed by atoms with Crippen LogP contribution in [0.5, 0.6) is 0 Å². The molecule has 0 radical (unpaired) electrons. The normalized spacial score (nSPS) is 15.7. The van der Waals surface area contributed by atoms with Gasteiger partial charge in [0.05, 0.1) is 23.8 Å². The zero-order valence-corrected chi connectivity index (χ0v) is 15.3. The highest BCUT2D eigenvalue weighted by molar-refractivity contribution is 6.07. The van der Waals surface area contributed by atoms with Crippen molar-refractivity contribution in [3.8, 4) is 11.3 Å². The summed E-state index contributed by atoms with van der Waals surface area (Å²) in [5.74, 6) is -0.704. The van der Waals surface area contributed by atoms with Gasteiger partial charge in [0, 0.05) is 24.8 Å². The minimum atomic E-state index is -0.411. The van der Waals surface area contributed by atoms with Gasteiger partial charge in [0.15, 0.2) is 0 Å². The van der Waals surface area contributed by atoms with Crippen LogP contribution in [0.2, 0.25) is 0 Å². The molecule has 0 aromatic carbocycles. The van der Waals surface area contributed by atoms with Gasteiger partial charge in [-0.1, -0.05) is 18.9 Å². The molecule has 0 spiro atoms. The number of hydrogen-bond acceptors (Lipinski definition) is 5. The Labute approximate surface area is 161 Å². The minimum Gasteiger partial charge on any atom is -0.351 e. The molecule has 0 saturated carbocycles. The molecular formula is C19H21N7O2. The summed E-state index contributed by atoms with van der Waals surface area (Å²) in [5, 5.41) is 16.5. The van der Waals surface area contributed by atoms with E-state index in [1.807, 2.05) is 16.9 Å². The highest BCUT2D eigenvalue weighted by atomic mass is 16.2. The molecule has 4 rings (SSSR count). The van der Waals surface area contributed by atoms with E-state index in [0.29, 0.717) is 17.9 Å². The summed E-state index contributed by atoms with van der Waals surface area (Å²) in [6.45, 7) is 1.39. The van der Waals surface area contributed by atoms with E-state index < -0.39 is 5.91 Å². The topological polar surface area (TPSA) is 118 Å². The number of hydrogen-bond donors (Lipinski definition) is 3. The maximum absolute atomic E-state index is 12.6. The second-order valence-electron chi connectivity index (χ2n) is 6.68. The van der Waals surface area contributed by atoms with Gasteiger partial charge in [-0.25, -0.2) is 4.98 Å². The average Bonchev–Trinajstić information content (AvgIpc) is 3.36. The lowest BCUT2D eigenvalue weighted by molar-refractivity contribution is 0.0949. The number of H-pyrrole nitrogens is 1. The van der Waals surface area contributed by atoms with Crippen molar-refractivity contribution in [3.63, 3.8) is 0 Å². The molecule has 0 aliphatic carbocycles. The van der Waals surface area contributed by atoms with E-state index in [2.05, 4.69) is 30.9 Å². The number of nitrogens with one attached hydrogen (secondary N) is 3. The molecule has 4 heterocycles. The molecular weight excluding hydrogens is 358 g/mol. The van der Waals surface area contributed by atoms with Crippen molar-refractivity contribution in [1.82, 2.24) is 30.3 Å². The Balaban J connectivity index is 1.64. The van der Waals surface area contributed by atoms with Crippen LogP contribution in [0.4, 0.5) is 5.69 Å². The van der Waals surface area contributed by atoms with E-state index in [0.717, 1.165) is 37.8 Å². The van der Waals surface area contributed by atoms with Crippen LogP contribution >= 0.6 is 0 Å². The third kappa shape index (κ3) is 3.93. The standard InChI is InChI=1S/C19H21N7O2/c27-18-15-7-5-6-14(23-15)13-10-22-26(12-13)9-4-2-1-3-8-20-19(28)17-16(24-18)11-21-25-17/h5-7,10-12H,1-4,8-9H2,(H,20,28)(H,21,25)(H,24,27). The second-order valence-corrected chi connectivity index (χ2v) is 6.68. The van der Waals surface area contributed by atoms with Crippen molar-refractivity contribution < 1.29 is 9.59 Å². The zero-order chi connectivity index (χ0) is 19.3. The van der Waals surface area contributed by atoms with E-state index in [-0.39, 0.29) is 17.3 Å². The van der Waals surface area contributed by atoms with E-state index in [9.17, 15) is 9.59 Å². The van der Waals surface area contributed by atoms with Crippen molar-refractivity contribution in [2.75, 3.05) is 11.9 Å². The number of rotatable bonds is 0. The number of anilines is 1. The number of fused-ring (bicyclic) bond motifs is 6. The highest BCUT2D eigenvalue weighted by Gasteiger charge is 2.17. The Morgan fingerprint density at radius 1 is 0.964 bits per heavy atom. The molecule has 3 N–H and O–H groups in total. The molecule has 1 aliphatic heterocycles. The van der Waals surface area contributed by atoms with Crippen LogP contribution < -0.4 is 10.6 Å². The number of pyridine rings is 1. The van der Waals surface area contributed by atoms with Crippen molar-refractivity contribution in [2.24, 2.45) is 0 Å². The first kappa shape index (κ1) is 17.9. The van der Waals surface area contributed by atoms with Crippen molar-refractivity contribution >= 4 is 17.5 Å². The maximum Gasteiger partial charge on any atom is 0.274 e. The van der Waals surface area contributed by atoms with E-state index in [4.69, 9.17) is 0 Å². The number of nitrogens with zero attached hydrogens (tertiary/aromatic N) is 4. The van der Waals surface area contributed by atoms with Crippen molar-refractivity contribution in [1.29, 1.82) is 0 Å². The van der Waals surface area contributed by atoms with Gasteiger partial charge in [0.1, 0.15) is 11.4 Å². The summed E-state index contributed by atoms with van der Waals surface area (Å²) < 4.78 is 1.90. The van der Waals surface area contributed by atoms with Gasteiger partial charge in [-0.3, -0.25) is 19.4 Å². The van der Waals surface area contributed by atoms with E-state index in [1.54, 1.807) is 18.3 Å². The first-order valence-electron chi connectivity index (χ1n) is 9.33. The molecule has 9 heteroatoms. The molecule has 2 amide bonds. The van der Waals surface area contributed by atoms with Crippen LogP contribution in [0.15, 0.2) is 36.8 Å². The summed E-state index contributed by atoms with van der Waals surface area (Å²) in [5.41, 5.74) is 2.33. The molecule has 9 nitrogen and oxygen atoms in total. The molecule has 3 aromatic heterocycles. The fourth-order valence-corrected chi connectivity index (χ4v) is 3.12. The van der Waals surface area contributed by atoms with Gasteiger partial charge >= 0.3 is 0 Å². The lowest BCUT2D eigenvalue weighted by Gasteiger charge is -2.08. The molecule has 0 atom stereocenters. The Morgan fingerprint density at radius 2 is 1.82 bits per heavy atom. The average molecular weight is 379 g/mol. The van der Waals surface area contributed by atoms with Crippen LogP contribution in [-0.2, 0) is 6.54 Å². The largest absolute Gasteiger partial charge is 0.351 e. The molecule has 1 aliphatic rings. The monoisotopic (exact) mass is 379 g/mol. The van der Waals surface area contributed by atoms with Gasteiger partial charge in [-0.2, -0.15) is 10.2 Å². The fraction of sp³-hybridized carbons (Fsp3) is 0.316. The molecule has 0 unspecified atom stereocenters. The number of carbonyl (C=O) groups excluding carboxylic acids is 2. The zero-order valence-electron chi connectivity index (χ0n) is 15.3. The minimum absolute atomic E-state index is 0.229. The predicted octanol–water partition coefficient (Wildman–Crippen LogP) is 2.22. The van der Waals surface area contributed by atoms with Gasteiger partial charge in [-0.05, 0) is 25.0 Å². The smallest absolute Gasteiger partial charge is 0.274 e. The molecule has 4 bridgehead atoms. The Kier molecular flexibility index (Phi) is 5.14. The van der Waals surface area contributed by atoms with E-state index in [1.165, 1.54) is 6.20 Å². The highest BCUT2D eigenvalue weighted by Crippen LogP contribution is 2.18. The molecule has 144 valence electrons. The lowest BCUT2D eigenvalue weighted by atomic mass is 10.2. The third-order valence-electron chi connectivity index (χ3n) is 4.62. The first-order valence-corrected chi connectivity index (χ1v) is 9.33. The number of aromatic nitrogens is 5. The van der Waals surface area contributed by atoms with Crippen LogP contribution in [0, 0.1) is 0 Å². The quantitative estimate of drug-likeness (QED) is 0.554. The Morgan fingerprint density at radius 3 is 2.75 bits per heavy atom. The Hall–Kier alpha value is -3.49. The number of aromatic amines is 1. The molecule has 0 saturated heterocycles. The number of amides is 2. The molecule has 3 aromatic rings. The number of carbonyl (C=O) groups is 2. The van der Waals surface area contributed by atoms with Crippen LogP contribution in [-0.4, -0.2) is 43.3 Å². The van der Waals surface area contributed by atoms with Crippen LogP contribution in [0.25, 0.3) is 11.3 Å². The Bertz CT molecular complexity index is 992. The second kappa shape index (κ2) is 8.03. The predicted molar refractivity (Wildman–Crippen MR) is 103 cm³/mol. The SMILES string of the molecule is O=C1Nc2cn[nH]c2C(=O)NCCCCCCn2cc(cn2)-c2cccc1n2. The summed E-state index contributed by atoms with van der Waals surface area (Å²) in [6.07, 6.45) is 9.10. The van der Waals surface area contributed by atoms with Crippen molar-refractivity contribution in [3.05, 3.63) is 48.2 Å². The first-order chi connectivity index (χ1) is 13.7. The van der Waals surface area contributed by atoms with E-state index >= 15 is 0 Å². The number of aryl methyl sites for hydroxylation is 1. The van der Waals surface area contributed by atoms with Gasteiger partial charge < -0.3 is 10.6 Å². The van der Waals surface area contributed by atoms with Gasteiger partial charge in [0.2, 0.25) is 0 Å². The summed E-state index contributed by atoms with van der Waals surface area (Å²) in [4.78, 5) is 29.4.